The van der Waals surface area contributed by atoms with Crippen LogP contribution in [0.15, 0.2) is 59.4 Å². The monoisotopic (exact) mass is 425 g/mol. The van der Waals surface area contributed by atoms with E-state index in [1.807, 2.05) is 30.3 Å². The number of tetrazole rings is 1. The first-order valence-electron chi connectivity index (χ1n) is 8.86. The normalized spacial score (nSPS) is 10.8. The summed E-state index contributed by atoms with van der Waals surface area (Å²) in [7, 11) is 0. The number of anilines is 1. The minimum absolute atomic E-state index is 0.213. The third-order valence-corrected chi connectivity index (χ3v) is 5.82. The molecule has 0 fully saturated rings. The molecule has 0 aliphatic heterocycles. The second-order valence-electron chi connectivity index (χ2n) is 6.25. The smallest absolute Gasteiger partial charge is 0.321 e. The molecule has 0 saturated carbocycles. The number of carbonyl (C=O) groups excluding carboxylic acids is 1. The van der Waals surface area contributed by atoms with E-state index in [1.165, 1.54) is 11.3 Å². The first kappa shape index (κ1) is 19.1. The molecule has 4 rings (SSSR count). The highest BCUT2D eigenvalue weighted by atomic mass is 35.5. The maximum atomic E-state index is 12.8. The number of H-pyrrole nitrogens is 1. The molecule has 0 bridgehead atoms. The molecule has 0 spiro atoms. The van der Waals surface area contributed by atoms with Gasteiger partial charge in [-0.25, -0.2) is 9.89 Å². The number of halogens is 1. The largest absolute Gasteiger partial charge is 0.365 e. The number of nitrogens with zero attached hydrogens (tertiary/aromatic N) is 3. The van der Waals surface area contributed by atoms with Gasteiger partial charge in [0.25, 0.3) is 5.91 Å². The standard InChI is InChI=1S/C20H16ClN5O2S/c1-2-12-10-17(29-18(12)13-6-8-14(21)9-7-13)19(27)22-15-4-3-5-16(11-15)26-20(28)23-24-25-26/h3-11H,2H2,1H3,(H,22,27)(H,23,25,28). The molecule has 2 N–H and O–H groups in total. The van der Waals surface area contributed by atoms with E-state index in [1.54, 1.807) is 24.3 Å². The van der Waals surface area contributed by atoms with Crippen LogP contribution < -0.4 is 11.0 Å². The second-order valence-corrected chi connectivity index (χ2v) is 7.74. The van der Waals surface area contributed by atoms with Crippen molar-refractivity contribution < 1.29 is 4.79 Å². The Hall–Kier alpha value is -3.23. The predicted molar refractivity (Wildman–Crippen MR) is 114 cm³/mol. The van der Waals surface area contributed by atoms with E-state index < -0.39 is 5.69 Å². The van der Waals surface area contributed by atoms with Gasteiger partial charge in [0.1, 0.15) is 0 Å². The Morgan fingerprint density at radius 1 is 1.21 bits per heavy atom. The Kier molecular flexibility index (Phi) is 5.28. The van der Waals surface area contributed by atoms with Gasteiger partial charge in [-0.15, -0.1) is 11.3 Å². The maximum Gasteiger partial charge on any atom is 0.365 e. The van der Waals surface area contributed by atoms with E-state index >= 15 is 0 Å². The van der Waals surface area contributed by atoms with Crippen LogP contribution in [0.3, 0.4) is 0 Å². The van der Waals surface area contributed by atoms with Gasteiger partial charge >= 0.3 is 5.69 Å². The third-order valence-electron chi connectivity index (χ3n) is 4.34. The first-order chi connectivity index (χ1) is 14.0. The first-order valence-corrected chi connectivity index (χ1v) is 10.1. The van der Waals surface area contributed by atoms with Crippen molar-refractivity contribution in [2.24, 2.45) is 0 Å². The van der Waals surface area contributed by atoms with Crippen LogP contribution in [0.1, 0.15) is 22.2 Å². The number of rotatable bonds is 5. The summed E-state index contributed by atoms with van der Waals surface area (Å²) in [5.74, 6) is -0.213. The van der Waals surface area contributed by atoms with E-state index in [0.717, 1.165) is 27.1 Å². The molecule has 146 valence electrons. The highest BCUT2D eigenvalue weighted by Gasteiger charge is 2.16. The number of aromatic nitrogens is 4. The zero-order chi connectivity index (χ0) is 20.4. The van der Waals surface area contributed by atoms with Crippen molar-refractivity contribution >= 4 is 34.5 Å². The maximum absolute atomic E-state index is 12.8. The molecule has 0 radical (unpaired) electrons. The summed E-state index contributed by atoms with van der Waals surface area (Å²) in [6, 6.07) is 16.4. The number of nitrogens with one attached hydrogen (secondary N) is 2. The lowest BCUT2D eigenvalue weighted by atomic mass is 10.1. The number of thiophene rings is 1. The minimum Gasteiger partial charge on any atom is -0.321 e. The van der Waals surface area contributed by atoms with E-state index in [2.05, 4.69) is 27.8 Å². The van der Waals surface area contributed by atoms with Crippen LogP contribution in [0.5, 0.6) is 0 Å². The quantitative estimate of drug-likeness (QED) is 0.502. The molecule has 29 heavy (non-hydrogen) atoms. The van der Waals surface area contributed by atoms with Gasteiger partial charge in [-0.2, -0.15) is 4.68 Å². The molecular weight excluding hydrogens is 410 g/mol. The molecule has 2 aromatic heterocycles. The van der Waals surface area contributed by atoms with Crippen LogP contribution in [0.25, 0.3) is 16.1 Å². The van der Waals surface area contributed by atoms with Crippen molar-refractivity contribution in [1.82, 2.24) is 20.2 Å². The average molecular weight is 426 g/mol. The number of benzene rings is 2. The lowest BCUT2D eigenvalue weighted by molar-refractivity contribution is 0.103. The summed E-state index contributed by atoms with van der Waals surface area (Å²) >= 11 is 7.42. The van der Waals surface area contributed by atoms with Crippen molar-refractivity contribution in [1.29, 1.82) is 0 Å². The minimum atomic E-state index is -0.452. The summed E-state index contributed by atoms with van der Waals surface area (Å²) in [5.41, 5.74) is 2.74. The number of hydrogen-bond donors (Lipinski definition) is 2. The highest BCUT2D eigenvalue weighted by Crippen LogP contribution is 2.34. The Morgan fingerprint density at radius 2 is 2.00 bits per heavy atom. The number of carbonyl (C=O) groups is 1. The topological polar surface area (TPSA) is 92.7 Å². The molecule has 2 aromatic carbocycles. The highest BCUT2D eigenvalue weighted by molar-refractivity contribution is 7.17. The molecule has 0 aliphatic rings. The average Bonchev–Trinajstić information content (AvgIpc) is 3.35. The fourth-order valence-corrected chi connectivity index (χ4v) is 4.20. The molecule has 4 aromatic rings. The van der Waals surface area contributed by atoms with Gasteiger partial charge in [-0.1, -0.05) is 36.7 Å². The van der Waals surface area contributed by atoms with Crippen LogP contribution in [-0.2, 0) is 6.42 Å². The summed E-state index contributed by atoms with van der Waals surface area (Å²) in [6.07, 6.45) is 0.812. The molecule has 2 heterocycles. The van der Waals surface area contributed by atoms with Crippen molar-refractivity contribution in [3.63, 3.8) is 0 Å². The van der Waals surface area contributed by atoms with E-state index in [-0.39, 0.29) is 5.91 Å². The number of aryl methyl sites for hydroxylation is 1. The van der Waals surface area contributed by atoms with Crippen molar-refractivity contribution in [3.8, 4) is 16.1 Å². The molecule has 7 nitrogen and oxygen atoms in total. The third kappa shape index (κ3) is 3.98. The summed E-state index contributed by atoms with van der Waals surface area (Å²) < 4.78 is 1.12. The van der Waals surface area contributed by atoms with Crippen LogP contribution in [0.4, 0.5) is 5.69 Å². The fourth-order valence-electron chi connectivity index (χ4n) is 2.92. The Bertz CT molecular complexity index is 1230. The Morgan fingerprint density at radius 3 is 2.69 bits per heavy atom. The van der Waals surface area contributed by atoms with Crippen LogP contribution in [-0.4, -0.2) is 26.1 Å². The summed E-state index contributed by atoms with van der Waals surface area (Å²) in [4.78, 5) is 26.2. The number of aromatic amines is 1. The predicted octanol–water partition coefficient (Wildman–Crippen LogP) is 4.15. The summed E-state index contributed by atoms with van der Waals surface area (Å²) in [5, 5.41) is 13.0. The van der Waals surface area contributed by atoms with E-state index in [0.29, 0.717) is 21.3 Å². The lowest BCUT2D eigenvalue weighted by Gasteiger charge is -2.05. The zero-order valence-corrected chi connectivity index (χ0v) is 16.9. The number of hydrogen-bond acceptors (Lipinski definition) is 5. The zero-order valence-electron chi connectivity index (χ0n) is 15.3. The molecule has 9 heteroatoms. The lowest BCUT2D eigenvalue weighted by Crippen LogP contribution is -2.16. The van der Waals surface area contributed by atoms with Gasteiger partial charge < -0.3 is 5.32 Å². The van der Waals surface area contributed by atoms with Gasteiger partial charge in [0, 0.05) is 15.6 Å². The van der Waals surface area contributed by atoms with Gasteiger partial charge in [-0.3, -0.25) is 4.79 Å². The molecule has 0 atom stereocenters. The second kappa shape index (κ2) is 8.02. The Labute approximate surface area is 174 Å². The van der Waals surface area contributed by atoms with Crippen molar-refractivity contribution in [2.75, 3.05) is 5.32 Å². The summed E-state index contributed by atoms with van der Waals surface area (Å²) in [6.45, 7) is 2.06. The molecular formula is C20H16ClN5O2S. The van der Waals surface area contributed by atoms with Crippen molar-refractivity contribution in [3.05, 3.63) is 80.5 Å². The van der Waals surface area contributed by atoms with Gasteiger partial charge in [0.15, 0.2) is 0 Å². The van der Waals surface area contributed by atoms with Gasteiger partial charge in [-0.05, 0) is 64.4 Å². The SMILES string of the molecule is CCc1cc(C(=O)Nc2cccc(-n3nn[nH]c3=O)c2)sc1-c1ccc(Cl)cc1. The van der Waals surface area contributed by atoms with Crippen LogP contribution >= 0.6 is 22.9 Å². The Balaban J connectivity index is 1.60. The van der Waals surface area contributed by atoms with Crippen LogP contribution in [0.2, 0.25) is 5.02 Å². The van der Waals surface area contributed by atoms with Gasteiger partial charge in [0.05, 0.1) is 10.6 Å². The van der Waals surface area contributed by atoms with Gasteiger partial charge in [0.2, 0.25) is 0 Å². The molecule has 1 amide bonds. The van der Waals surface area contributed by atoms with E-state index in [9.17, 15) is 9.59 Å². The molecule has 0 saturated heterocycles. The van der Waals surface area contributed by atoms with Crippen molar-refractivity contribution in [2.45, 2.75) is 13.3 Å². The fraction of sp³-hybridized carbons (Fsp3) is 0.100. The number of amides is 1. The molecule has 0 aliphatic carbocycles. The van der Waals surface area contributed by atoms with Crippen LogP contribution in [0, 0.1) is 0 Å². The van der Waals surface area contributed by atoms with E-state index in [4.69, 9.17) is 11.6 Å². The molecule has 0 unspecified atom stereocenters.